The van der Waals surface area contributed by atoms with Gasteiger partial charge in [0.25, 0.3) is 0 Å². The maximum absolute atomic E-state index is 12.1. The zero-order valence-electron chi connectivity index (χ0n) is 12.9. The third kappa shape index (κ3) is 3.83. The second kappa shape index (κ2) is 7.88. The summed E-state index contributed by atoms with van der Waals surface area (Å²) in [6.45, 7) is -1.08. The molecular weight excluding hydrogens is 324 g/mol. The van der Waals surface area contributed by atoms with E-state index < -0.39 is 49.7 Å². The van der Waals surface area contributed by atoms with Gasteiger partial charge in [-0.25, -0.2) is 0 Å². The van der Waals surface area contributed by atoms with E-state index in [1.54, 1.807) is 0 Å². The quantitative estimate of drug-likeness (QED) is 0.385. The number of carbonyl (C=O) groups excluding carboxylic acids is 1. The molecule has 5 N–H and O–H groups in total. The van der Waals surface area contributed by atoms with E-state index in [4.69, 9.17) is 19.3 Å². The molecule has 0 aliphatic carbocycles. The zero-order chi connectivity index (χ0) is 17.9. The van der Waals surface area contributed by atoms with Crippen LogP contribution in [0.5, 0.6) is 11.5 Å². The summed E-state index contributed by atoms with van der Waals surface area (Å²) >= 11 is 0. The fourth-order valence-corrected chi connectivity index (χ4v) is 2.30. The number of carbonyl (C=O) groups is 1. The summed E-state index contributed by atoms with van der Waals surface area (Å²) in [6, 6.07) is 3.99. The molecule has 0 radical (unpaired) electrons. The Morgan fingerprint density at radius 3 is 2.54 bits per heavy atom. The Hall–Kier alpha value is -1.75. The first-order valence-electron chi connectivity index (χ1n) is 7.21. The number of ketones is 1. The van der Waals surface area contributed by atoms with Crippen LogP contribution in [0, 0.1) is 0 Å². The minimum atomic E-state index is -1.58. The van der Waals surface area contributed by atoms with Gasteiger partial charge >= 0.3 is 0 Å². The van der Waals surface area contributed by atoms with Crippen LogP contribution in [0.3, 0.4) is 0 Å². The van der Waals surface area contributed by atoms with E-state index in [1.807, 2.05) is 0 Å². The highest BCUT2D eigenvalue weighted by molar-refractivity contribution is 5.97. The Bertz CT molecular complexity index is 574. The molecule has 0 amide bonds. The number of benzene rings is 1. The zero-order valence-corrected chi connectivity index (χ0v) is 12.9. The third-order valence-electron chi connectivity index (χ3n) is 3.73. The highest BCUT2D eigenvalue weighted by Gasteiger charge is 2.44. The van der Waals surface area contributed by atoms with Crippen LogP contribution in [0.4, 0.5) is 0 Å². The van der Waals surface area contributed by atoms with Gasteiger partial charge < -0.3 is 39.7 Å². The van der Waals surface area contributed by atoms with Crippen molar-refractivity contribution < 1.29 is 44.5 Å². The van der Waals surface area contributed by atoms with Crippen LogP contribution in [-0.4, -0.2) is 82.3 Å². The topological polar surface area (TPSA) is 146 Å². The molecule has 5 unspecified atom stereocenters. The molecular formula is C15H20O9. The first-order valence-corrected chi connectivity index (χ1v) is 7.21. The molecule has 1 aromatic carbocycles. The lowest BCUT2D eigenvalue weighted by Crippen LogP contribution is -2.59. The molecule has 0 bridgehead atoms. The molecule has 0 spiro atoms. The lowest BCUT2D eigenvalue weighted by molar-refractivity contribution is -0.298. The number of phenolic OH excluding ortho intramolecular Hbond substituents is 1. The van der Waals surface area contributed by atoms with Gasteiger partial charge in [-0.15, -0.1) is 0 Å². The Labute approximate surface area is 137 Å². The minimum absolute atomic E-state index is 0.119. The maximum atomic E-state index is 12.1. The normalized spacial score (nSPS) is 30.1. The number of hydrogen-bond donors (Lipinski definition) is 5. The molecule has 0 aromatic heterocycles. The van der Waals surface area contributed by atoms with E-state index >= 15 is 0 Å². The van der Waals surface area contributed by atoms with Crippen molar-refractivity contribution in [1.29, 1.82) is 0 Å². The Balaban J connectivity index is 2.00. The fraction of sp³-hybridized carbons (Fsp3) is 0.533. The Morgan fingerprint density at radius 1 is 1.21 bits per heavy atom. The fourth-order valence-electron chi connectivity index (χ4n) is 2.30. The summed E-state index contributed by atoms with van der Waals surface area (Å²) in [5, 5.41) is 47.7. The van der Waals surface area contributed by atoms with Crippen molar-refractivity contribution in [2.75, 3.05) is 20.3 Å². The molecule has 24 heavy (non-hydrogen) atoms. The number of hydrogen-bond acceptors (Lipinski definition) is 9. The summed E-state index contributed by atoms with van der Waals surface area (Å²) in [5.74, 6) is -0.483. The van der Waals surface area contributed by atoms with Gasteiger partial charge in [0.15, 0.2) is 23.6 Å². The number of aliphatic hydroxyl groups is 4. The number of rotatable bonds is 6. The molecule has 1 aliphatic heterocycles. The second-order valence-electron chi connectivity index (χ2n) is 5.32. The lowest BCUT2D eigenvalue weighted by atomic mass is 9.99. The predicted octanol–water partition coefficient (Wildman–Crippen LogP) is -1.60. The number of aliphatic hydroxyl groups excluding tert-OH is 4. The van der Waals surface area contributed by atoms with Crippen molar-refractivity contribution >= 4 is 5.78 Å². The lowest BCUT2D eigenvalue weighted by Gasteiger charge is -2.39. The average molecular weight is 344 g/mol. The molecule has 2 rings (SSSR count). The second-order valence-corrected chi connectivity index (χ2v) is 5.32. The number of aromatic hydroxyl groups is 1. The highest BCUT2D eigenvalue weighted by atomic mass is 16.7. The van der Waals surface area contributed by atoms with Gasteiger partial charge in [-0.2, -0.15) is 0 Å². The number of ether oxygens (including phenoxy) is 3. The first-order chi connectivity index (χ1) is 11.4. The summed E-state index contributed by atoms with van der Waals surface area (Å²) in [7, 11) is 1.34. The van der Waals surface area contributed by atoms with E-state index in [-0.39, 0.29) is 17.1 Å². The van der Waals surface area contributed by atoms with Gasteiger partial charge in [0.1, 0.15) is 31.0 Å². The van der Waals surface area contributed by atoms with Crippen molar-refractivity contribution in [1.82, 2.24) is 0 Å². The van der Waals surface area contributed by atoms with E-state index in [2.05, 4.69) is 0 Å². The molecule has 1 aromatic rings. The Kier molecular flexibility index (Phi) is 6.10. The summed E-state index contributed by atoms with van der Waals surface area (Å²) in [4.78, 5) is 12.1. The third-order valence-corrected chi connectivity index (χ3v) is 3.73. The van der Waals surface area contributed by atoms with Crippen molar-refractivity contribution in [2.45, 2.75) is 30.7 Å². The minimum Gasteiger partial charge on any atom is -0.504 e. The van der Waals surface area contributed by atoms with E-state index in [9.17, 15) is 25.2 Å². The molecule has 1 saturated heterocycles. The summed E-state index contributed by atoms with van der Waals surface area (Å²) in [5.41, 5.74) is 0.203. The van der Waals surface area contributed by atoms with Gasteiger partial charge in [-0.1, -0.05) is 0 Å². The number of Topliss-reactive ketones (excluding diaryl/α,β-unsaturated/α-hetero) is 1. The van der Waals surface area contributed by atoms with Gasteiger partial charge in [0.05, 0.1) is 13.7 Å². The summed E-state index contributed by atoms with van der Waals surface area (Å²) < 4.78 is 15.2. The molecule has 1 aliphatic rings. The van der Waals surface area contributed by atoms with Crippen molar-refractivity contribution in [2.24, 2.45) is 0 Å². The summed E-state index contributed by atoms with van der Waals surface area (Å²) in [6.07, 6.45) is -7.16. The smallest absolute Gasteiger partial charge is 0.188 e. The van der Waals surface area contributed by atoms with Crippen LogP contribution in [0.15, 0.2) is 18.2 Å². The SMILES string of the molecule is COc1cc(C(=O)COC2OC(CO)C(O)C(O)C2O)ccc1O. The molecule has 0 saturated carbocycles. The van der Waals surface area contributed by atoms with Gasteiger partial charge in [0.2, 0.25) is 0 Å². The van der Waals surface area contributed by atoms with Crippen LogP contribution >= 0.6 is 0 Å². The molecule has 134 valence electrons. The number of methoxy groups -OCH3 is 1. The molecule has 5 atom stereocenters. The number of phenols is 1. The molecule has 9 nitrogen and oxygen atoms in total. The maximum Gasteiger partial charge on any atom is 0.188 e. The highest BCUT2D eigenvalue weighted by Crippen LogP contribution is 2.27. The van der Waals surface area contributed by atoms with Crippen LogP contribution < -0.4 is 4.74 Å². The van der Waals surface area contributed by atoms with Gasteiger partial charge in [-0.05, 0) is 18.2 Å². The van der Waals surface area contributed by atoms with Crippen LogP contribution in [0.25, 0.3) is 0 Å². The van der Waals surface area contributed by atoms with Crippen molar-refractivity contribution in [3.63, 3.8) is 0 Å². The average Bonchev–Trinajstić information content (AvgIpc) is 2.59. The predicted molar refractivity (Wildman–Crippen MR) is 78.7 cm³/mol. The van der Waals surface area contributed by atoms with Crippen LogP contribution in [-0.2, 0) is 9.47 Å². The monoisotopic (exact) mass is 344 g/mol. The van der Waals surface area contributed by atoms with Crippen molar-refractivity contribution in [3.05, 3.63) is 23.8 Å². The van der Waals surface area contributed by atoms with Gasteiger partial charge in [-0.3, -0.25) is 4.79 Å². The van der Waals surface area contributed by atoms with Crippen LogP contribution in [0.2, 0.25) is 0 Å². The Morgan fingerprint density at radius 2 is 1.92 bits per heavy atom. The van der Waals surface area contributed by atoms with E-state index in [0.717, 1.165) is 0 Å². The van der Waals surface area contributed by atoms with E-state index in [1.165, 1.54) is 25.3 Å². The van der Waals surface area contributed by atoms with Crippen molar-refractivity contribution in [3.8, 4) is 11.5 Å². The standard InChI is InChI=1S/C15H20O9/c1-22-10-4-7(2-3-8(10)17)9(18)6-23-15-14(21)13(20)12(19)11(5-16)24-15/h2-4,11-17,19-21H,5-6H2,1H3. The van der Waals surface area contributed by atoms with E-state index in [0.29, 0.717) is 0 Å². The first kappa shape index (κ1) is 18.6. The van der Waals surface area contributed by atoms with Crippen LogP contribution in [0.1, 0.15) is 10.4 Å². The molecule has 9 heteroatoms. The van der Waals surface area contributed by atoms with Gasteiger partial charge in [0, 0.05) is 5.56 Å². The molecule has 1 fully saturated rings. The largest absolute Gasteiger partial charge is 0.504 e. The molecule has 1 heterocycles.